The Morgan fingerprint density at radius 2 is 1.88 bits per heavy atom. The monoisotopic (exact) mass is 329 g/mol. The van der Waals surface area contributed by atoms with Crippen LogP contribution in [-0.2, 0) is 9.53 Å². The minimum absolute atomic E-state index is 0.0285. The summed E-state index contributed by atoms with van der Waals surface area (Å²) in [6.07, 6.45) is 0. The Hall–Kier alpha value is -3.02. The van der Waals surface area contributed by atoms with E-state index in [1.807, 2.05) is 30.3 Å². The molecule has 2 rings (SSSR count). The molecular formula is C18H19NO5. The number of hydrogen-bond acceptors (Lipinski definition) is 5. The fraction of sp³-hybridized carbons (Fsp3) is 0.222. The minimum Gasteiger partial charge on any atom is -0.507 e. The topological polar surface area (TPSA) is 84.9 Å². The molecule has 6 nitrogen and oxygen atoms in total. The summed E-state index contributed by atoms with van der Waals surface area (Å²) in [6, 6.07) is 13.8. The van der Waals surface area contributed by atoms with Crippen LogP contribution in [0.15, 0.2) is 48.5 Å². The lowest BCUT2D eigenvalue weighted by atomic mass is 10.1. The zero-order valence-corrected chi connectivity index (χ0v) is 13.3. The van der Waals surface area contributed by atoms with E-state index in [1.165, 1.54) is 12.1 Å². The maximum atomic E-state index is 11.8. The highest BCUT2D eigenvalue weighted by atomic mass is 16.5. The van der Waals surface area contributed by atoms with E-state index in [2.05, 4.69) is 5.32 Å². The maximum absolute atomic E-state index is 11.8. The van der Waals surface area contributed by atoms with E-state index in [-0.39, 0.29) is 11.3 Å². The molecule has 0 saturated heterocycles. The van der Waals surface area contributed by atoms with Gasteiger partial charge in [-0.25, -0.2) is 4.79 Å². The number of phenols is 1. The van der Waals surface area contributed by atoms with Crippen LogP contribution in [0.4, 0.5) is 0 Å². The Kier molecular flexibility index (Phi) is 6.19. The molecule has 0 atom stereocenters. The summed E-state index contributed by atoms with van der Waals surface area (Å²) in [6.45, 7) is 1.97. The molecule has 2 aromatic carbocycles. The van der Waals surface area contributed by atoms with Gasteiger partial charge in [0.25, 0.3) is 5.91 Å². The lowest BCUT2D eigenvalue weighted by Crippen LogP contribution is -2.32. The van der Waals surface area contributed by atoms with Gasteiger partial charge < -0.3 is 19.9 Å². The van der Waals surface area contributed by atoms with Crippen molar-refractivity contribution in [1.29, 1.82) is 0 Å². The highest BCUT2D eigenvalue weighted by Gasteiger charge is 2.14. The summed E-state index contributed by atoms with van der Waals surface area (Å²) in [7, 11) is 0. The molecule has 0 radical (unpaired) electrons. The molecule has 1 amide bonds. The van der Waals surface area contributed by atoms with E-state index < -0.39 is 18.5 Å². The number of carbonyl (C=O) groups excluding carboxylic acids is 2. The van der Waals surface area contributed by atoms with Crippen LogP contribution in [-0.4, -0.2) is 36.7 Å². The van der Waals surface area contributed by atoms with Crippen LogP contribution in [0.2, 0.25) is 0 Å². The third kappa shape index (κ3) is 5.31. The maximum Gasteiger partial charge on any atom is 0.342 e. The van der Waals surface area contributed by atoms with Gasteiger partial charge in [0.15, 0.2) is 6.61 Å². The number of benzene rings is 2. The van der Waals surface area contributed by atoms with Crippen LogP contribution in [0.25, 0.3) is 0 Å². The van der Waals surface area contributed by atoms with Gasteiger partial charge in [0.05, 0.1) is 6.54 Å². The van der Waals surface area contributed by atoms with Gasteiger partial charge in [-0.05, 0) is 36.8 Å². The molecule has 0 fully saturated rings. The van der Waals surface area contributed by atoms with Crippen molar-refractivity contribution in [3.63, 3.8) is 0 Å². The van der Waals surface area contributed by atoms with Crippen LogP contribution in [0.3, 0.4) is 0 Å². The number of esters is 1. The van der Waals surface area contributed by atoms with Crippen molar-refractivity contribution in [2.45, 2.75) is 6.92 Å². The summed E-state index contributed by atoms with van der Waals surface area (Å²) in [5.74, 6) is -0.639. The Bertz CT molecular complexity index is 700. The number of aryl methyl sites for hydroxylation is 1. The van der Waals surface area contributed by atoms with Crippen LogP contribution >= 0.6 is 0 Å². The van der Waals surface area contributed by atoms with E-state index in [4.69, 9.17) is 9.47 Å². The SMILES string of the molecule is Cc1ccc(C(=O)OCC(=O)NCCOc2ccccc2)c(O)c1. The molecule has 0 aromatic heterocycles. The summed E-state index contributed by atoms with van der Waals surface area (Å²) in [5.41, 5.74) is 0.848. The molecule has 2 N–H and O–H groups in total. The average Bonchev–Trinajstić information content (AvgIpc) is 2.57. The second-order valence-corrected chi connectivity index (χ2v) is 5.11. The number of carbonyl (C=O) groups is 2. The minimum atomic E-state index is -0.747. The summed E-state index contributed by atoms with van der Waals surface area (Å²) in [4.78, 5) is 23.4. The summed E-state index contributed by atoms with van der Waals surface area (Å²) >= 11 is 0. The molecule has 6 heteroatoms. The lowest BCUT2D eigenvalue weighted by Gasteiger charge is -2.09. The van der Waals surface area contributed by atoms with Crippen molar-refractivity contribution in [2.75, 3.05) is 19.8 Å². The normalized spacial score (nSPS) is 10.0. The van der Waals surface area contributed by atoms with Crippen LogP contribution in [0.5, 0.6) is 11.5 Å². The standard InChI is InChI=1S/C18H19NO5/c1-13-7-8-15(16(20)11-13)18(22)24-12-17(21)19-9-10-23-14-5-3-2-4-6-14/h2-8,11,20H,9-10,12H2,1H3,(H,19,21). The van der Waals surface area contributed by atoms with Crippen LogP contribution in [0, 0.1) is 6.92 Å². The molecule has 0 aliphatic carbocycles. The molecule has 2 aromatic rings. The molecule has 24 heavy (non-hydrogen) atoms. The smallest absolute Gasteiger partial charge is 0.342 e. The number of hydrogen-bond donors (Lipinski definition) is 2. The third-order valence-corrected chi connectivity index (χ3v) is 3.14. The van der Waals surface area contributed by atoms with Crippen LogP contribution in [0.1, 0.15) is 15.9 Å². The molecule has 0 saturated carbocycles. The first-order valence-corrected chi connectivity index (χ1v) is 7.47. The molecule has 0 spiro atoms. The second-order valence-electron chi connectivity index (χ2n) is 5.11. The lowest BCUT2D eigenvalue weighted by molar-refractivity contribution is -0.124. The zero-order chi connectivity index (χ0) is 17.4. The summed E-state index contributed by atoms with van der Waals surface area (Å²) < 4.78 is 10.3. The number of phenolic OH excluding ortho intramolecular Hbond substituents is 1. The van der Waals surface area contributed by atoms with E-state index in [0.717, 1.165) is 5.56 Å². The highest BCUT2D eigenvalue weighted by molar-refractivity contribution is 5.93. The van der Waals surface area contributed by atoms with Crippen molar-refractivity contribution in [1.82, 2.24) is 5.32 Å². The van der Waals surface area contributed by atoms with Crippen molar-refractivity contribution in [3.05, 3.63) is 59.7 Å². The Morgan fingerprint density at radius 1 is 1.12 bits per heavy atom. The molecular weight excluding hydrogens is 310 g/mol. The van der Waals surface area contributed by atoms with Gasteiger partial charge >= 0.3 is 5.97 Å². The quantitative estimate of drug-likeness (QED) is 0.600. The van der Waals surface area contributed by atoms with E-state index in [1.54, 1.807) is 13.0 Å². The molecule has 0 heterocycles. The van der Waals surface area contributed by atoms with E-state index in [0.29, 0.717) is 18.9 Å². The Balaban J connectivity index is 1.68. The van der Waals surface area contributed by atoms with Crippen molar-refractivity contribution >= 4 is 11.9 Å². The van der Waals surface area contributed by atoms with Gasteiger partial charge in [-0.2, -0.15) is 0 Å². The Morgan fingerprint density at radius 3 is 2.58 bits per heavy atom. The predicted molar refractivity (Wildman–Crippen MR) is 88.1 cm³/mol. The van der Waals surface area contributed by atoms with Gasteiger partial charge in [0.2, 0.25) is 0 Å². The highest BCUT2D eigenvalue weighted by Crippen LogP contribution is 2.19. The number of aromatic hydroxyl groups is 1. The first kappa shape index (κ1) is 17.3. The number of nitrogens with one attached hydrogen (secondary N) is 1. The molecule has 0 bridgehead atoms. The average molecular weight is 329 g/mol. The van der Waals surface area contributed by atoms with Crippen molar-refractivity contribution in [3.8, 4) is 11.5 Å². The number of ether oxygens (including phenoxy) is 2. The molecule has 126 valence electrons. The largest absolute Gasteiger partial charge is 0.507 e. The number of rotatable bonds is 7. The second kappa shape index (κ2) is 8.57. The third-order valence-electron chi connectivity index (χ3n) is 3.14. The Labute approximate surface area is 140 Å². The van der Waals surface area contributed by atoms with Crippen LogP contribution < -0.4 is 10.1 Å². The first-order valence-electron chi connectivity index (χ1n) is 7.47. The van der Waals surface area contributed by atoms with Crippen molar-refractivity contribution < 1.29 is 24.2 Å². The van der Waals surface area contributed by atoms with Crippen molar-refractivity contribution in [2.24, 2.45) is 0 Å². The van der Waals surface area contributed by atoms with Gasteiger partial charge in [-0.15, -0.1) is 0 Å². The molecule has 0 unspecified atom stereocenters. The molecule has 0 aliphatic heterocycles. The zero-order valence-electron chi connectivity index (χ0n) is 13.3. The summed E-state index contributed by atoms with van der Waals surface area (Å²) in [5, 5.41) is 12.3. The predicted octanol–water partition coefficient (Wildman–Crippen LogP) is 2.05. The first-order chi connectivity index (χ1) is 11.6. The van der Waals surface area contributed by atoms with E-state index >= 15 is 0 Å². The van der Waals surface area contributed by atoms with Gasteiger partial charge in [0, 0.05) is 0 Å². The van der Waals surface area contributed by atoms with E-state index in [9.17, 15) is 14.7 Å². The fourth-order valence-electron chi connectivity index (χ4n) is 1.95. The van der Waals surface area contributed by atoms with Gasteiger partial charge in [0.1, 0.15) is 23.7 Å². The fourth-order valence-corrected chi connectivity index (χ4v) is 1.95. The number of para-hydroxylation sites is 1. The van der Waals surface area contributed by atoms with Gasteiger partial charge in [-0.1, -0.05) is 24.3 Å². The number of amides is 1. The molecule has 0 aliphatic rings. The van der Waals surface area contributed by atoms with Gasteiger partial charge in [-0.3, -0.25) is 4.79 Å².